The number of anilines is 1. The van der Waals surface area contributed by atoms with Crippen molar-refractivity contribution in [2.24, 2.45) is 0 Å². The number of benzene rings is 1. The van der Waals surface area contributed by atoms with Gasteiger partial charge >= 0.3 is 5.97 Å². The Morgan fingerprint density at radius 3 is 2.55 bits per heavy atom. The molecule has 0 spiro atoms. The van der Waals surface area contributed by atoms with Crippen LogP contribution in [0.5, 0.6) is 0 Å². The van der Waals surface area contributed by atoms with Crippen molar-refractivity contribution in [1.82, 2.24) is 4.90 Å². The van der Waals surface area contributed by atoms with Gasteiger partial charge in [-0.3, -0.25) is 9.69 Å². The lowest BCUT2D eigenvalue weighted by Gasteiger charge is -2.29. The van der Waals surface area contributed by atoms with Gasteiger partial charge in [0.25, 0.3) is 0 Å². The minimum Gasteiger partial charge on any atom is -0.465 e. The van der Waals surface area contributed by atoms with E-state index in [1.807, 2.05) is 31.2 Å². The van der Waals surface area contributed by atoms with Crippen LogP contribution in [0.15, 0.2) is 24.3 Å². The third-order valence-corrected chi connectivity index (χ3v) is 3.40. The molecule has 0 saturated heterocycles. The highest BCUT2D eigenvalue weighted by Gasteiger charge is 2.25. The van der Waals surface area contributed by atoms with Gasteiger partial charge < -0.3 is 10.5 Å². The van der Waals surface area contributed by atoms with E-state index in [0.717, 1.165) is 30.6 Å². The maximum absolute atomic E-state index is 12.1. The summed E-state index contributed by atoms with van der Waals surface area (Å²) in [5.41, 5.74) is 7.81. The highest BCUT2D eigenvalue weighted by molar-refractivity contribution is 5.75. The molecule has 0 amide bonds. The number of nitrogens with zero attached hydrogens (tertiary/aromatic N) is 1. The topological polar surface area (TPSA) is 55.6 Å². The van der Waals surface area contributed by atoms with Crippen LogP contribution < -0.4 is 5.73 Å². The van der Waals surface area contributed by atoms with Crippen molar-refractivity contribution >= 4 is 11.7 Å². The lowest BCUT2D eigenvalue weighted by atomic mass is 10.1. The summed E-state index contributed by atoms with van der Waals surface area (Å²) in [6, 6.07) is 7.60. The summed E-state index contributed by atoms with van der Waals surface area (Å²) >= 11 is 0. The fraction of sp³-hybridized carbons (Fsp3) is 0.562. The Balaban J connectivity index is 2.85. The number of ether oxygens (including phenoxy) is 1. The van der Waals surface area contributed by atoms with E-state index in [0.29, 0.717) is 13.2 Å². The molecular weight excluding hydrogens is 252 g/mol. The van der Waals surface area contributed by atoms with Gasteiger partial charge in [-0.2, -0.15) is 0 Å². The van der Waals surface area contributed by atoms with Crippen LogP contribution in [-0.2, 0) is 16.1 Å². The second kappa shape index (κ2) is 8.59. The van der Waals surface area contributed by atoms with Gasteiger partial charge in [0.05, 0.1) is 6.61 Å². The van der Waals surface area contributed by atoms with Gasteiger partial charge in [-0.1, -0.05) is 38.5 Å². The SMILES string of the molecule is CCCC(C(=O)OCC)N(CC)Cc1ccccc1N. The van der Waals surface area contributed by atoms with Crippen LogP contribution in [0.1, 0.15) is 39.2 Å². The number of rotatable bonds is 8. The van der Waals surface area contributed by atoms with Gasteiger partial charge in [0.1, 0.15) is 6.04 Å². The molecule has 0 aliphatic rings. The molecule has 4 heteroatoms. The third-order valence-electron chi connectivity index (χ3n) is 3.40. The summed E-state index contributed by atoms with van der Waals surface area (Å²) in [7, 11) is 0. The minimum absolute atomic E-state index is 0.134. The van der Waals surface area contributed by atoms with Crippen LogP contribution in [-0.4, -0.2) is 30.1 Å². The molecule has 0 aliphatic heterocycles. The molecule has 20 heavy (non-hydrogen) atoms. The number of nitrogen functional groups attached to an aromatic ring is 1. The van der Waals surface area contributed by atoms with Gasteiger partial charge in [-0.25, -0.2) is 0 Å². The van der Waals surface area contributed by atoms with E-state index < -0.39 is 0 Å². The monoisotopic (exact) mass is 278 g/mol. The van der Waals surface area contributed by atoms with Gasteiger partial charge in [0, 0.05) is 12.2 Å². The Hall–Kier alpha value is -1.55. The first-order valence-corrected chi connectivity index (χ1v) is 7.38. The maximum Gasteiger partial charge on any atom is 0.323 e. The highest BCUT2D eigenvalue weighted by Crippen LogP contribution is 2.17. The van der Waals surface area contributed by atoms with Crippen LogP contribution in [0.2, 0.25) is 0 Å². The van der Waals surface area contributed by atoms with Crippen molar-refractivity contribution in [2.75, 3.05) is 18.9 Å². The normalized spacial score (nSPS) is 12.4. The van der Waals surface area contributed by atoms with E-state index >= 15 is 0 Å². The first-order valence-electron chi connectivity index (χ1n) is 7.38. The molecule has 1 aromatic rings. The number of nitrogens with two attached hydrogens (primary N) is 1. The Morgan fingerprint density at radius 2 is 2.00 bits per heavy atom. The lowest BCUT2D eigenvalue weighted by Crippen LogP contribution is -2.41. The summed E-state index contributed by atoms with van der Waals surface area (Å²) < 4.78 is 5.20. The lowest BCUT2D eigenvalue weighted by molar-refractivity contribution is -0.150. The van der Waals surface area contributed by atoms with E-state index in [1.165, 1.54) is 0 Å². The van der Waals surface area contributed by atoms with Crippen molar-refractivity contribution in [3.8, 4) is 0 Å². The molecule has 0 bridgehead atoms. The molecule has 0 radical (unpaired) electrons. The molecule has 0 heterocycles. The second-order valence-electron chi connectivity index (χ2n) is 4.82. The molecule has 0 fully saturated rings. The van der Waals surface area contributed by atoms with Crippen molar-refractivity contribution in [2.45, 2.75) is 46.2 Å². The average molecular weight is 278 g/mol. The molecule has 2 N–H and O–H groups in total. The predicted octanol–water partition coefficient (Wildman–Crippen LogP) is 2.82. The zero-order valence-corrected chi connectivity index (χ0v) is 12.8. The number of likely N-dealkylation sites (N-methyl/N-ethyl adjacent to an activating group) is 1. The number of carbonyl (C=O) groups is 1. The minimum atomic E-state index is -0.190. The highest BCUT2D eigenvalue weighted by atomic mass is 16.5. The summed E-state index contributed by atoms with van der Waals surface area (Å²) in [6.45, 7) is 7.86. The summed E-state index contributed by atoms with van der Waals surface area (Å²) in [5.74, 6) is -0.134. The van der Waals surface area contributed by atoms with Crippen LogP contribution in [0, 0.1) is 0 Å². The Kier molecular flexibility index (Phi) is 7.09. The molecule has 1 unspecified atom stereocenters. The van der Waals surface area contributed by atoms with E-state index in [4.69, 9.17) is 10.5 Å². The Bertz CT molecular complexity index is 421. The number of hydrogen-bond acceptors (Lipinski definition) is 4. The fourth-order valence-electron chi connectivity index (χ4n) is 2.30. The first kappa shape index (κ1) is 16.5. The van der Waals surface area contributed by atoms with E-state index in [-0.39, 0.29) is 12.0 Å². The van der Waals surface area contributed by atoms with Crippen molar-refractivity contribution in [3.05, 3.63) is 29.8 Å². The molecule has 0 aromatic heterocycles. The quantitative estimate of drug-likeness (QED) is 0.587. The first-order chi connectivity index (χ1) is 9.63. The summed E-state index contributed by atoms with van der Waals surface area (Å²) in [4.78, 5) is 14.2. The number of carbonyl (C=O) groups excluding carboxylic acids is 1. The van der Waals surface area contributed by atoms with Crippen LogP contribution in [0.25, 0.3) is 0 Å². The van der Waals surface area contributed by atoms with Crippen LogP contribution in [0.4, 0.5) is 5.69 Å². The molecule has 112 valence electrons. The number of hydrogen-bond donors (Lipinski definition) is 1. The van der Waals surface area contributed by atoms with Crippen LogP contribution in [0.3, 0.4) is 0 Å². The molecule has 4 nitrogen and oxygen atoms in total. The maximum atomic E-state index is 12.1. The Labute approximate surface area is 121 Å². The van der Waals surface area contributed by atoms with Gasteiger partial charge in [0.15, 0.2) is 0 Å². The van der Waals surface area contributed by atoms with E-state index in [2.05, 4.69) is 18.7 Å². The second-order valence-corrected chi connectivity index (χ2v) is 4.82. The molecule has 0 aliphatic carbocycles. The number of para-hydroxylation sites is 1. The number of esters is 1. The summed E-state index contributed by atoms with van der Waals surface area (Å²) in [6.07, 6.45) is 1.75. The van der Waals surface area contributed by atoms with Crippen LogP contribution >= 0.6 is 0 Å². The zero-order valence-electron chi connectivity index (χ0n) is 12.8. The fourth-order valence-corrected chi connectivity index (χ4v) is 2.30. The van der Waals surface area contributed by atoms with Crippen molar-refractivity contribution in [1.29, 1.82) is 0 Å². The molecule has 0 saturated carbocycles. The van der Waals surface area contributed by atoms with E-state index in [9.17, 15) is 4.79 Å². The zero-order chi connectivity index (χ0) is 15.0. The summed E-state index contributed by atoms with van der Waals surface area (Å²) in [5, 5.41) is 0. The van der Waals surface area contributed by atoms with Crippen molar-refractivity contribution < 1.29 is 9.53 Å². The van der Waals surface area contributed by atoms with E-state index in [1.54, 1.807) is 0 Å². The van der Waals surface area contributed by atoms with Gasteiger partial charge in [-0.05, 0) is 31.5 Å². The molecule has 1 atom stereocenters. The molecule has 1 rings (SSSR count). The average Bonchev–Trinajstić information content (AvgIpc) is 2.44. The molecule has 1 aromatic carbocycles. The van der Waals surface area contributed by atoms with Crippen molar-refractivity contribution in [3.63, 3.8) is 0 Å². The third kappa shape index (κ3) is 4.53. The largest absolute Gasteiger partial charge is 0.465 e. The smallest absolute Gasteiger partial charge is 0.323 e. The molecular formula is C16H26N2O2. The van der Waals surface area contributed by atoms with Gasteiger partial charge in [0.2, 0.25) is 0 Å². The predicted molar refractivity (Wildman–Crippen MR) is 82.3 cm³/mol. The standard InChI is InChI=1S/C16H26N2O2/c1-4-9-15(16(19)20-6-3)18(5-2)12-13-10-7-8-11-14(13)17/h7-8,10-11,15H,4-6,9,12,17H2,1-3H3. The Morgan fingerprint density at radius 1 is 1.30 bits per heavy atom. The van der Waals surface area contributed by atoms with Gasteiger partial charge in [-0.15, -0.1) is 0 Å².